The predicted octanol–water partition coefficient (Wildman–Crippen LogP) is 1.76. The maximum absolute atomic E-state index is 13.1. The molecule has 2 aliphatic rings. The first-order valence-corrected chi connectivity index (χ1v) is 9.62. The molecule has 2 heterocycles. The molecular weight excluding hydrogens is 356 g/mol. The molecule has 1 aliphatic carbocycles. The third kappa shape index (κ3) is 3.56. The quantitative estimate of drug-likeness (QED) is 0.801. The molecule has 2 amide bonds. The molecule has 0 spiro atoms. The number of nitrogens with zero attached hydrogens (tertiary/aromatic N) is 3. The van der Waals surface area contributed by atoms with Crippen molar-refractivity contribution < 1.29 is 14.4 Å². The van der Waals surface area contributed by atoms with Gasteiger partial charge in [-0.05, 0) is 38.0 Å². The number of likely N-dealkylation sites (tertiary alicyclic amines) is 1. The van der Waals surface area contributed by atoms with Crippen LogP contribution in [0.15, 0.2) is 36.5 Å². The van der Waals surface area contributed by atoms with Gasteiger partial charge in [-0.1, -0.05) is 12.1 Å². The highest BCUT2D eigenvalue weighted by molar-refractivity contribution is 5.99. The van der Waals surface area contributed by atoms with Crippen molar-refractivity contribution in [3.05, 3.63) is 53.3 Å². The van der Waals surface area contributed by atoms with Crippen molar-refractivity contribution >= 4 is 17.6 Å². The molecule has 28 heavy (non-hydrogen) atoms. The fraction of sp³-hybridized carbons (Fsp3) is 0.429. The number of Topliss-reactive ketones (excluding diaryl/α,β-unsaturated/α-hetero) is 1. The van der Waals surface area contributed by atoms with E-state index in [1.807, 2.05) is 13.1 Å². The highest BCUT2D eigenvalue weighted by atomic mass is 16.2. The molecular formula is C21H24N4O3. The van der Waals surface area contributed by atoms with Crippen molar-refractivity contribution in [3.8, 4) is 0 Å². The first kappa shape index (κ1) is 18.4. The van der Waals surface area contributed by atoms with Crippen LogP contribution in [-0.4, -0.2) is 51.4 Å². The lowest BCUT2D eigenvalue weighted by Crippen LogP contribution is -2.41. The number of nitrogens with one attached hydrogen (secondary N) is 1. The number of benzene rings is 1. The van der Waals surface area contributed by atoms with Gasteiger partial charge >= 0.3 is 0 Å². The Kier molecular flexibility index (Phi) is 4.75. The summed E-state index contributed by atoms with van der Waals surface area (Å²) in [5.74, 6) is -0.0267. The molecule has 0 bridgehead atoms. The summed E-state index contributed by atoms with van der Waals surface area (Å²) in [5.41, 5.74) is 2.01. The molecule has 1 aromatic heterocycles. The summed E-state index contributed by atoms with van der Waals surface area (Å²) in [6.07, 6.45) is 3.61. The Bertz CT molecular complexity index is 931. The van der Waals surface area contributed by atoms with E-state index in [1.54, 1.807) is 40.0 Å². The lowest BCUT2D eigenvalue weighted by atomic mass is 9.99. The number of ketones is 1. The van der Waals surface area contributed by atoms with Crippen LogP contribution in [0.3, 0.4) is 0 Å². The van der Waals surface area contributed by atoms with E-state index in [9.17, 15) is 14.4 Å². The fourth-order valence-corrected chi connectivity index (χ4v) is 3.86. The third-order valence-electron chi connectivity index (χ3n) is 5.64. The first-order chi connectivity index (χ1) is 13.4. The zero-order valence-electron chi connectivity index (χ0n) is 16.1. The van der Waals surface area contributed by atoms with Crippen LogP contribution in [0.2, 0.25) is 0 Å². The third-order valence-corrected chi connectivity index (χ3v) is 5.64. The van der Waals surface area contributed by atoms with Crippen LogP contribution in [0.25, 0.3) is 0 Å². The van der Waals surface area contributed by atoms with Gasteiger partial charge in [0.1, 0.15) is 0 Å². The normalized spacial score (nSPS) is 21.6. The molecule has 1 aliphatic heterocycles. The molecule has 1 saturated carbocycles. The molecule has 7 heteroatoms. The minimum absolute atomic E-state index is 0.0184. The summed E-state index contributed by atoms with van der Waals surface area (Å²) >= 11 is 0. The molecule has 1 aromatic carbocycles. The fourth-order valence-electron chi connectivity index (χ4n) is 3.86. The van der Waals surface area contributed by atoms with Crippen molar-refractivity contribution in [2.24, 2.45) is 13.0 Å². The van der Waals surface area contributed by atoms with Crippen LogP contribution in [0.5, 0.6) is 0 Å². The van der Waals surface area contributed by atoms with E-state index in [4.69, 9.17) is 0 Å². The molecule has 1 saturated heterocycles. The van der Waals surface area contributed by atoms with E-state index in [2.05, 4.69) is 10.4 Å². The smallest absolute Gasteiger partial charge is 0.253 e. The van der Waals surface area contributed by atoms with Gasteiger partial charge in [0.2, 0.25) is 5.91 Å². The van der Waals surface area contributed by atoms with Gasteiger partial charge in [-0.15, -0.1) is 0 Å². The molecule has 1 N–H and O–H groups in total. The van der Waals surface area contributed by atoms with Crippen molar-refractivity contribution in [1.82, 2.24) is 20.0 Å². The number of hydrogen-bond acceptors (Lipinski definition) is 4. The number of carbonyl (C=O) groups excluding carboxylic acids is 3. The Labute approximate surface area is 163 Å². The van der Waals surface area contributed by atoms with E-state index >= 15 is 0 Å². The molecule has 2 atom stereocenters. The number of rotatable bonds is 5. The molecule has 0 unspecified atom stereocenters. The average molecular weight is 380 g/mol. The minimum atomic E-state index is -0.150. The zero-order valence-corrected chi connectivity index (χ0v) is 16.1. The maximum atomic E-state index is 13.1. The van der Waals surface area contributed by atoms with Gasteiger partial charge in [0.05, 0.1) is 6.04 Å². The second kappa shape index (κ2) is 7.22. The van der Waals surface area contributed by atoms with Gasteiger partial charge in [-0.2, -0.15) is 5.10 Å². The Balaban J connectivity index is 1.57. The van der Waals surface area contributed by atoms with Crippen molar-refractivity contribution in [2.45, 2.75) is 31.7 Å². The van der Waals surface area contributed by atoms with E-state index < -0.39 is 0 Å². The van der Waals surface area contributed by atoms with E-state index in [0.717, 1.165) is 18.5 Å². The highest BCUT2D eigenvalue weighted by Gasteiger charge is 2.40. The topological polar surface area (TPSA) is 84.3 Å². The summed E-state index contributed by atoms with van der Waals surface area (Å²) in [6, 6.07) is 8.59. The van der Waals surface area contributed by atoms with Crippen LogP contribution in [0.4, 0.5) is 0 Å². The zero-order chi connectivity index (χ0) is 19.8. The summed E-state index contributed by atoms with van der Waals surface area (Å²) in [4.78, 5) is 38.8. The highest BCUT2D eigenvalue weighted by Crippen LogP contribution is 2.32. The largest absolute Gasteiger partial charge is 0.351 e. The SMILES string of the molecule is CC(=O)c1cccc(C(=O)N2C[C@@H](NC(=O)C3CC3)[C@H](c3ccnn3C)C2)c1. The van der Waals surface area contributed by atoms with Crippen molar-refractivity contribution in [2.75, 3.05) is 13.1 Å². The number of aromatic nitrogens is 2. The van der Waals surface area contributed by atoms with Crippen LogP contribution in [-0.2, 0) is 11.8 Å². The van der Waals surface area contributed by atoms with Gasteiger partial charge < -0.3 is 10.2 Å². The molecule has 0 radical (unpaired) electrons. The van der Waals surface area contributed by atoms with Crippen LogP contribution in [0.1, 0.15) is 52.1 Å². The van der Waals surface area contributed by atoms with Crippen molar-refractivity contribution in [1.29, 1.82) is 0 Å². The Morgan fingerprint density at radius 3 is 2.50 bits per heavy atom. The predicted molar refractivity (Wildman–Crippen MR) is 103 cm³/mol. The molecule has 7 nitrogen and oxygen atoms in total. The maximum Gasteiger partial charge on any atom is 0.253 e. The molecule has 146 valence electrons. The number of hydrogen-bond donors (Lipinski definition) is 1. The molecule has 2 aromatic rings. The number of amides is 2. The number of carbonyl (C=O) groups is 3. The lowest BCUT2D eigenvalue weighted by molar-refractivity contribution is -0.123. The summed E-state index contributed by atoms with van der Waals surface area (Å²) in [5, 5.41) is 7.39. The van der Waals surface area contributed by atoms with Crippen LogP contribution >= 0.6 is 0 Å². The summed E-state index contributed by atoms with van der Waals surface area (Å²) in [6.45, 7) is 2.43. The van der Waals surface area contributed by atoms with Gasteiger partial charge in [-0.25, -0.2) is 0 Å². The average Bonchev–Trinajstić information content (AvgIpc) is 3.34. The van der Waals surface area contributed by atoms with E-state index in [-0.39, 0.29) is 35.5 Å². The summed E-state index contributed by atoms with van der Waals surface area (Å²) in [7, 11) is 1.87. The lowest BCUT2D eigenvalue weighted by Gasteiger charge is -2.19. The monoisotopic (exact) mass is 380 g/mol. The summed E-state index contributed by atoms with van der Waals surface area (Å²) < 4.78 is 1.80. The Morgan fingerprint density at radius 2 is 1.86 bits per heavy atom. The second-order valence-corrected chi connectivity index (χ2v) is 7.72. The van der Waals surface area contributed by atoms with E-state index in [0.29, 0.717) is 24.2 Å². The van der Waals surface area contributed by atoms with Gasteiger partial charge in [0.15, 0.2) is 5.78 Å². The molecule has 4 rings (SSSR count). The number of aryl methyl sites for hydroxylation is 1. The van der Waals surface area contributed by atoms with Crippen LogP contribution in [0, 0.1) is 5.92 Å². The molecule has 2 fully saturated rings. The van der Waals surface area contributed by atoms with Gasteiger partial charge in [0.25, 0.3) is 5.91 Å². The minimum Gasteiger partial charge on any atom is -0.351 e. The van der Waals surface area contributed by atoms with Crippen LogP contribution < -0.4 is 5.32 Å². The second-order valence-electron chi connectivity index (χ2n) is 7.72. The standard InChI is InChI=1S/C21H24N4O3/c1-13(26)15-4-3-5-16(10-15)21(28)25-11-17(19-8-9-22-24(19)2)18(12-25)23-20(27)14-6-7-14/h3-5,8-10,14,17-18H,6-7,11-12H2,1-2H3,(H,23,27)/t17-,18-/m1/s1. The van der Waals surface area contributed by atoms with Crippen molar-refractivity contribution in [3.63, 3.8) is 0 Å². The Morgan fingerprint density at radius 1 is 1.11 bits per heavy atom. The Hall–Kier alpha value is -2.96. The first-order valence-electron chi connectivity index (χ1n) is 9.62. The van der Waals surface area contributed by atoms with Gasteiger partial charge in [0, 0.05) is 55.0 Å². The van der Waals surface area contributed by atoms with E-state index in [1.165, 1.54) is 6.92 Å². The van der Waals surface area contributed by atoms with Gasteiger partial charge in [-0.3, -0.25) is 19.1 Å².